The molecule has 4 nitrogen and oxygen atoms in total. The second kappa shape index (κ2) is 5.98. The lowest BCUT2D eigenvalue weighted by molar-refractivity contribution is 0.299. The van der Waals surface area contributed by atoms with Crippen LogP contribution in [0.5, 0.6) is 0 Å². The van der Waals surface area contributed by atoms with Crippen molar-refractivity contribution in [1.82, 2.24) is 4.72 Å². The molecule has 90 valence electrons. The van der Waals surface area contributed by atoms with E-state index in [0.29, 0.717) is 13.0 Å². The van der Waals surface area contributed by atoms with E-state index in [0.717, 1.165) is 12.0 Å². The van der Waals surface area contributed by atoms with Gasteiger partial charge < -0.3 is 5.11 Å². The zero-order chi connectivity index (χ0) is 12.0. The van der Waals surface area contributed by atoms with Gasteiger partial charge in [-0.05, 0) is 30.5 Å². The molecule has 0 radical (unpaired) electrons. The Morgan fingerprint density at radius 2 is 1.88 bits per heavy atom. The standard InChI is InChI=1S/C11H17NO3S/c1-2-8-12-16(14,15)11-5-3-10(4-6-11)7-9-13/h3-6,12-13H,2,7-9H2,1H3. The van der Waals surface area contributed by atoms with Gasteiger partial charge in [-0.15, -0.1) is 0 Å². The van der Waals surface area contributed by atoms with Crippen molar-refractivity contribution in [3.63, 3.8) is 0 Å². The molecule has 0 saturated heterocycles. The quantitative estimate of drug-likeness (QED) is 0.780. The van der Waals surface area contributed by atoms with Crippen LogP contribution in [-0.2, 0) is 16.4 Å². The molecule has 5 heteroatoms. The molecule has 1 aromatic rings. The van der Waals surface area contributed by atoms with E-state index in [1.165, 1.54) is 0 Å². The molecule has 1 rings (SSSR count). The summed E-state index contributed by atoms with van der Waals surface area (Å²) in [6, 6.07) is 6.55. The van der Waals surface area contributed by atoms with Crippen LogP contribution in [0.15, 0.2) is 29.2 Å². The molecule has 0 heterocycles. The highest BCUT2D eigenvalue weighted by Gasteiger charge is 2.11. The molecular weight excluding hydrogens is 226 g/mol. The van der Waals surface area contributed by atoms with Crippen LogP contribution in [-0.4, -0.2) is 26.7 Å². The Balaban J connectivity index is 2.80. The van der Waals surface area contributed by atoms with Crippen LogP contribution in [0, 0.1) is 0 Å². The van der Waals surface area contributed by atoms with E-state index in [-0.39, 0.29) is 11.5 Å². The fourth-order valence-electron chi connectivity index (χ4n) is 1.28. The lowest BCUT2D eigenvalue weighted by Crippen LogP contribution is -2.24. The van der Waals surface area contributed by atoms with Gasteiger partial charge in [-0.1, -0.05) is 19.1 Å². The summed E-state index contributed by atoms with van der Waals surface area (Å²) < 4.78 is 25.9. The molecule has 0 spiro atoms. The van der Waals surface area contributed by atoms with Gasteiger partial charge in [0.25, 0.3) is 0 Å². The number of nitrogens with one attached hydrogen (secondary N) is 1. The number of hydrogen-bond acceptors (Lipinski definition) is 3. The highest BCUT2D eigenvalue weighted by atomic mass is 32.2. The Hall–Kier alpha value is -0.910. The van der Waals surface area contributed by atoms with E-state index in [2.05, 4.69) is 4.72 Å². The molecule has 0 aliphatic heterocycles. The van der Waals surface area contributed by atoms with Crippen molar-refractivity contribution in [3.05, 3.63) is 29.8 Å². The first-order valence-corrected chi connectivity index (χ1v) is 6.78. The van der Waals surface area contributed by atoms with Gasteiger partial charge in [0.15, 0.2) is 0 Å². The molecule has 16 heavy (non-hydrogen) atoms. The average molecular weight is 243 g/mol. The summed E-state index contributed by atoms with van der Waals surface area (Å²) >= 11 is 0. The minimum Gasteiger partial charge on any atom is -0.396 e. The molecular formula is C11H17NO3S. The van der Waals surface area contributed by atoms with E-state index in [4.69, 9.17) is 5.11 Å². The molecule has 0 aliphatic carbocycles. The molecule has 0 aliphatic rings. The smallest absolute Gasteiger partial charge is 0.240 e. The highest BCUT2D eigenvalue weighted by Crippen LogP contribution is 2.10. The predicted octanol–water partition coefficient (Wildman–Crippen LogP) is 0.910. The maximum absolute atomic E-state index is 11.7. The number of aliphatic hydroxyl groups excluding tert-OH is 1. The monoisotopic (exact) mass is 243 g/mol. The molecule has 1 aromatic carbocycles. The topological polar surface area (TPSA) is 66.4 Å². The second-order valence-electron chi connectivity index (χ2n) is 3.52. The Morgan fingerprint density at radius 3 is 2.38 bits per heavy atom. The summed E-state index contributed by atoms with van der Waals surface area (Å²) in [5, 5.41) is 8.73. The summed E-state index contributed by atoms with van der Waals surface area (Å²) in [7, 11) is -3.37. The van der Waals surface area contributed by atoms with E-state index in [1.54, 1.807) is 24.3 Å². The molecule has 0 unspecified atom stereocenters. The van der Waals surface area contributed by atoms with Gasteiger partial charge in [-0.2, -0.15) is 0 Å². The Kier molecular flexibility index (Phi) is 4.92. The van der Waals surface area contributed by atoms with Crippen LogP contribution >= 0.6 is 0 Å². The molecule has 2 N–H and O–H groups in total. The minimum atomic E-state index is -3.37. The fourth-order valence-corrected chi connectivity index (χ4v) is 2.42. The van der Waals surface area contributed by atoms with E-state index >= 15 is 0 Å². The van der Waals surface area contributed by atoms with Crippen molar-refractivity contribution in [3.8, 4) is 0 Å². The Morgan fingerprint density at radius 1 is 1.25 bits per heavy atom. The molecule has 0 atom stereocenters. The maximum atomic E-state index is 11.7. The second-order valence-corrected chi connectivity index (χ2v) is 5.28. The highest BCUT2D eigenvalue weighted by molar-refractivity contribution is 7.89. The Bertz CT molecular complexity index is 411. The molecule has 0 amide bonds. The number of hydrogen-bond donors (Lipinski definition) is 2. The van der Waals surface area contributed by atoms with Crippen LogP contribution in [0.2, 0.25) is 0 Å². The maximum Gasteiger partial charge on any atom is 0.240 e. The lowest BCUT2D eigenvalue weighted by Gasteiger charge is -2.06. The molecule has 0 bridgehead atoms. The summed E-state index contributed by atoms with van der Waals surface area (Å²) in [6.45, 7) is 2.42. The van der Waals surface area contributed by atoms with Crippen molar-refractivity contribution >= 4 is 10.0 Å². The normalized spacial score (nSPS) is 11.6. The first-order valence-electron chi connectivity index (χ1n) is 5.29. The lowest BCUT2D eigenvalue weighted by atomic mass is 10.2. The van der Waals surface area contributed by atoms with Crippen molar-refractivity contribution in [2.45, 2.75) is 24.7 Å². The van der Waals surface area contributed by atoms with E-state index in [9.17, 15) is 8.42 Å². The SMILES string of the molecule is CCCNS(=O)(=O)c1ccc(CCO)cc1. The van der Waals surface area contributed by atoms with Crippen molar-refractivity contribution in [1.29, 1.82) is 0 Å². The van der Waals surface area contributed by atoms with Crippen LogP contribution in [0.3, 0.4) is 0 Å². The largest absolute Gasteiger partial charge is 0.396 e. The molecule has 0 aromatic heterocycles. The summed E-state index contributed by atoms with van der Waals surface area (Å²) in [5.74, 6) is 0. The predicted molar refractivity (Wildman–Crippen MR) is 62.7 cm³/mol. The fraction of sp³-hybridized carbons (Fsp3) is 0.455. The average Bonchev–Trinajstić information content (AvgIpc) is 2.28. The van der Waals surface area contributed by atoms with Gasteiger partial charge in [-0.3, -0.25) is 0 Å². The first-order chi connectivity index (χ1) is 7.60. The van der Waals surface area contributed by atoms with Gasteiger partial charge in [0.1, 0.15) is 0 Å². The van der Waals surface area contributed by atoms with Crippen LogP contribution in [0.4, 0.5) is 0 Å². The zero-order valence-electron chi connectivity index (χ0n) is 9.31. The van der Waals surface area contributed by atoms with Gasteiger partial charge in [0, 0.05) is 13.2 Å². The van der Waals surface area contributed by atoms with Crippen molar-refractivity contribution in [2.24, 2.45) is 0 Å². The number of benzene rings is 1. The molecule has 0 saturated carbocycles. The molecule has 0 fully saturated rings. The van der Waals surface area contributed by atoms with Gasteiger partial charge in [0.05, 0.1) is 4.90 Å². The van der Waals surface area contributed by atoms with E-state index in [1.807, 2.05) is 6.92 Å². The third kappa shape index (κ3) is 3.59. The zero-order valence-corrected chi connectivity index (χ0v) is 10.1. The van der Waals surface area contributed by atoms with Crippen LogP contribution in [0.25, 0.3) is 0 Å². The third-order valence-electron chi connectivity index (χ3n) is 2.18. The van der Waals surface area contributed by atoms with Crippen molar-refractivity contribution in [2.75, 3.05) is 13.2 Å². The van der Waals surface area contributed by atoms with Crippen molar-refractivity contribution < 1.29 is 13.5 Å². The number of sulfonamides is 1. The first kappa shape index (κ1) is 13.2. The van der Waals surface area contributed by atoms with Crippen LogP contribution < -0.4 is 4.72 Å². The number of aliphatic hydroxyl groups is 1. The summed E-state index contributed by atoms with van der Waals surface area (Å²) in [6.07, 6.45) is 1.31. The van der Waals surface area contributed by atoms with Gasteiger partial charge >= 0.3 is 0 Å². The van der Waals surface area contributed by atoms with Crippen LogP contribution in [0.1, 0.15) is 18.9 Å². The minimum absolute atomic E-state index is 0.0696. The summed E-state index contributed by atoms with van der Waals surface area (Å²) in [5.41, 5.74) is 0.928. The number of rotatable bonds is 6. The Labute approximate surface area is 96.4 Å². The summed E-state index contributed by atoms with van der Waals surface area (Å²) in [4.78, 5) is 0.266. The van der Waals surface area contributed by atoms with Gasteiger partial charge in [-0.25, -0.2) is 13.1 Å². The third-order valence-corrected chi connectivity index (χ3v) is 3.65. The van der Waals surface area contributed by atoms with Gasteiger partial charge in [0.2, 0.25) is 10.0 Å². The van der Waals surface area contributed by atoms with E-state index < -0.39 is 10.0 Å².